The molecule has 0 aliphatic rings. The van der Waals surface area contributed by atoms with E-state index in [4.69, 9.17) is 16.3 Å². The summed E-state index contributed by atoms with van der Waals surface area (Å²) in [6.07, 6.45) is 1.58. The number of ether oxygens (including phenoxy) is 1. The Labute approximate surface area is 178 Å². The van der Waals surface area contributed by atoms with Crippen LogP contribution in [0.4, 0.5) is 0 Å². The summed E-state index contributed by atoms with van der Waals surface area (Å²) in [7, 11) is 1.61. The predicted molar refractivity (Wildman–Crippen MR) is 116 cm³/mol. The number of hydrogen-bond donors (Lipinski definition) is 1. The van der Waals surface area contributed by atoms with Crippen molar-refractivity contribution in [1.29, 1.82) is 0 Å². The quantitative estimate of drug-likeness (QED) is 0.630. The van der Waals surface area contributed by atoms with Crippen molar-refractivity contribution in [1.82, 2.24) is 10.2 Å². The molecule has 156 valence electrons. The molecule has 0 radical (unpaired) electrons. The summed E-state index contributed by atoms with van der Waals surface area (Å²) in [5, 5.41) is 3.55. The van der Waals surface area contributed by atoms with Crippen molar-refractivity contribution in [3.8, 4) is 5.75 Å². The number of amides is 2. The highest BCUT2D eigenvalue weighted by Crippen LogP contribution is 2.19. The molecule has 1 N–H and O–H groups in total. The molecule has 0 aliphatic carbocycles. The maximum absolute atomic E-state index is 13.2. The molecule has 0 spiro atoms. The molecule has 2 rings (SSSR count). The minimum absolute atomic E-state index is 0.103. The number of halogens is 1. The smallest absolute Gasteiger partial charge is 0.242 e. The van der Waals surface area contributed by atoms with Gasteiger partial charge < -0.3 is 15.0 Å². The van der Waals surface area contributed by atoms with Crippen molar-refractivity contribution in [3.05, 3.63) is 64.7 Å². The Morgan fingerprint density at radius 2 is 1.83 bits per heavy atom. The molecular formula is C23H29ClN2O3. The van der Waals surface area contributed by atoms with Crippen LogP contribution in [0, 0.1) is 0 Å². The van der Waals surface area contributed by atoms with E-state index in [1.165, 1.54) is 0 Å². The zero-order chi connectivity index (χ0) is 21.2. The fraction of sp³-hybridized carbons (Fsp3) is 0.391. The van der Waals surface area contributed by atoms with Crippen LogP contribution in [0.25, 0.3) is 0 Å². The fourth-order valence-electron chi connectivity index (χ4n) is 3.13. The normalized spacial score (nSPS) is 11.6. The van der Waals surface area contributed by atoms with Crippen LogP contribution in [-0.4, -0.2) is 36.4 Å². The molecule has 0 aliphatic heterocycles. The number of rotatable bonds is 10. The van der Waals surface area contributed by atoms with E-state index in [0.717, 1.165) is 23.3 Å². The third-order valence-corrected chi connectivity index (χ3v) is 4.94. The van der Waals surface area contributed by atoms with Gasteiger partial charge in [0.2, 0.25) is 11.8 Å². The zero-order valence-electron chi connectivity index (χ0n) is 17.3. The van der Waals surface area contributed by atoms with Gasteiger partial charge in [0.1, 0.15) is 11.8 Å². The lowest BCUT2D eigenvalue weighted by molar-refractivity contribution is -0.140. The highest BCUT2D eigenvalue weighted by atomic mass is 35.5. The molecule has 0 heterocycles. The maximum Gasteiger partial charge on any atom is 0.242 e. The van der Waals surface area contributed by atoms with Gasteiger partial charge in [0.05, 0.1) is 13.5 Å². The third-order valence-electron chi connectivity index (χ3n) is 4.69. The summed E-state index contributed by atoms with van der Waals surface area (Å²) in [4.78, 5) is 27.6. The predicted octanol–water partition coefficient (Wildman–Crippen LogP) is 4.22. The monoisotopic (exact) mass is 416 g/mol. The van der Waals surface area contributed by atoms with E-state index >= 15 is 0 Å². The maximum atomic E-state index is 13.2. The first-order chi connectivity index (χ1) is 14.0. The van der Waals surface area contributed by atoms with Crippen LogP contribution < -0.4 is 10.1 Å². The molecule has 2 aromatic carbocycles. The molecule has 6 heteroatoms. The first-order valence-electron chi connectivity index (χ1n) is 9.93. The number of nitrogens with one attached hydrogen (secondary N) is 1. The van der Waals surface area contributed by atoms with Gasteiger partial charge in [-0.15, -0.1) is 0 Å². The van der Waals surface area contributed by atoms with Gasteiger partial charge >= 0.3 is 0 Å². The van der Waals surface area contributed by atoms with Gasteiger partial charge in [-0.1, -0.05) is 49.7 Å². The zero-order valence-corrected chi connectivity index (χ0v) is 18.0. The van der Waals surface area contributed by atoms with E-state index in [2.05, 4.69) is 5.32 Å². The topological polar surface area (TPSA) is 58.6 Å². The van der Waals surface area contributed by atoms with Crippen molar-refractivity contribution < 1.29 is 14.3 Å². The van der Waals surface area contributed by atoms with Crippen molar-refractivity contribution in [2.75, 3.05) is 13.7 Å². The summed E-state index contributed by atoms with van der Waals surface area (Å²) < 4.78 is 5.30. The largest absolute Gasteiger partial charge is 0.497 e. The van der Waals surface area contributed by atoms with Gasteiger partial charge in [0.25, 0.3) is 0 Å². The van der Waals surface area contributed by atoms with Gasteiger partial charge in [-0.2, -0.15) is 0 Å². The Morgan fingerprint density at radius 3 is 2.45 bits per heavy atom. The summed E-state index contributed by atoms with van der Waals surface area (Å²) in [6, 6.07) is 14.2. The second-order valence-electron chi connectivity index (χ2n) is 6.89. The van der Waals surface area contributed by atoms with E-state index in [1.807, 2.05) is 50.2 Å². The van der Waals surface area contributed by atoms with Crippen LogP contribution >= 0.6 is 11.6 Å². The Kier molecular flexibility index (Phi) is 9.00. The van der Waals surface area contributed by atoms with Crippen LogP contribution in [0.1, 0.15) is 37.8 Å². The second-order valence-corrected chi connectivity index (χ2v) is 7.33. The molecular weight excluding hydrogens is 388 g/mol. The highest BCUT2D eigenvalue weighted by Gasteiger charge is 2.28. The van der Waals surface area contributed by atoms with Crippen molar-refractivity contribution >= 4 is 23.4 Å². The molecule has 0 saturated heterocycles. The lowest BCUT2D eigenvalue weighted by Crippen LogP contribution is -2.49. The molecule has 5 nitrogen and oxygen atoms in total. The first-order valence-corrected chi connectivity index (χ1v) is 10.3. The minimum atomic E-state index is -0.535. The summed E-state index contributed by atoms with van der Waals surface area (Å²) >= 11 is 5.95. The molecule has 2 amide bonds. The van der Waals surface area contributed by atoms with Crippen molar-refractivity contribution in [3.63, 3.8) is 0 Å². The highest BCUT2D eigenvalue weighted by molar-refractivity contribution is 6.30. The van der Waals surface area contributed by atoms with Crippen LogP contribution in [0.5, 0.6) is 5.75 Å². The SMILES string of the molecule is CCCNC(=O)[C@H](CC)N(Cc1cccc(OC)c1)C(=O)Cc1ccc(Cl)cc1. The number of carbonyl (C=O) groups excluding carboxylic acids is 2. The van der Waals surface area contributed by atoms with Crippen LogP contribution in [0.3, 0.4) is 0 Å². The number of nitrogens with zero attached hydrogens (tertiary/aromatic N) is 1. The number of hydrogen-bond acceptors (Lipinski definition) is 3. The van der Waals surface area contributed by atoms with Gasteiger partial charge in [-0.3, -0.25) is 9.59 Å². The standard InChI is InChI=1S/C23H29ClN2O3/c1-4-13-25-23(28)21(5-2)26(16-18-7-6-8-20(14-18)29-3)22(27)15-17-9-11-19(24)12-10-17/h6-12,14,21H,4-5,13,15-16H2,1-3H3,(H,25,28)/t21-/m0/s1. The van der Waals surface area contributed by atoms with Crippen LogP contribution in [-0.2, 0) is 22.6 Å². The third kappa shape index (κ3) is 6.79. The molecule has 0 unspecified atom stereocenters. The number of methoxy groups -OCH3 is 1. The van der Waals surface area contributed by atoms with E-state index in [1.54, 1.807) is 24.1 Å². The van der Waals surface area contributed by atoms with E-state index in [0.29, 0.717) is 24.5 Å². The molecule has 0 bridgehead atoms. The lowest BCUT2D eigenvalue weighted by Gasteiger charge is -2.31. The summed E-state index contributed by atoms with van der Waals surface area (Å²) in [6.45, 7) is 4.85. The molecule has 0 aromatic heterocycles. The molecule has 1 atom stereocenters. The summed E-state index contributed by atoms with van der Waals surface area (Å²) in [5.74, 6) is 0.492. The lowest BCUT2D eigenvalue weighted by atomic mass is 10.1. The van der Waals surface area contributed by atoms with E-state index in [9.17, 15) is 9.59 Å². The van der Waals surface area contributed by atoms with Crippen molar-refractivity contribution in [2.45, 2.75) is 45.7 Å². The molecule has 0 saturated carbocycles. The van der Waals surface area contributed by atoms with Gasteiger partial charge in [0.15, 0.2) is 0 Å². The number of carbonyl (C=O) groups is 2. The van der Waals surface area contributed by atoms with Crippen LogP contribution in [0.15, 0.2) is 48.5 Å². The van der Waals surface area contributed by atoms with Crippen LogP contribution in [0.2, 0.25) is 5.02 Å². The number of benzene rings is 2. The first kappa shape index (κ1) is 22.8. The van der Waals surface area contributed by atoms with Gasteiger partial charge in [0, 0.05) is 18.1 Å². The Hall–Kier alpha value is -2.53. The fourth-order valence-corrected chi connectivity index (χ4v) is 3.26. The van der Waals surface area contributed by atoms with Gasteiger partial charge in [-0.05, 0) is 48.2 Å². The van der Waals surface area contributed by atoms with Crippen molar-refractivity contribution in [2.24, 2.45) is 0 Å². The molecule has 2 aromatic rings. The summed E-state index contributed by atoms with van der Waals surface area (Å²) in [5.41, 5.74) is 1.77. The average molecular weight is 417 g/mol. The Balaban J connectivity index is 2.27. The Morgan fingerprint density at radius 1 is 1.10 bits per heavy atom. The molecule has 0 fully saturated rings. The average Bonchev–Trinajstić information content (AvgIpc) is 2.73. The second kappa shape index (κ2) is 11.5. The Bertz CT molecular complexity index is 808. The minimum Gasteiger partial charge on any atom is -0.497 e. The van der Waals surface area contributed by atoms with Gasteiger partial charge in [-0.25, -0.2) is 0 Å². The molecule has 29 heavy (non-hydrogen) atoms. The van der Waals surface area contributed by atoms with E-state index < -0.39 is 6.04 Å². The van der Waals surface area contributed by atoms with E-state index in [-0.39, 0.29) is 18.2 Å².